The van der Waals surface area contributed by atoms with E-state index in [1.165, 1.54) is 6.08 Å². The summed E-state index contributed by atoms with van der Waals surface area (Å²) in [5, 5.41) is 12.3. The number of para-hydroxylation sites is 1. The minimum absolute atomic E-state index is 0.0358. The number of rotatable bonds is 7. The minimum Gasteiger partial charge on any atom is -0.493 e. The summed E-state index contributed by atoms with van der Waals surface area (Å²) in [5.41, 5.74) is 2.16. The molecule has 3 rings (SSSR count). The summed E-state index contributed by atoms with van der Waals surface area (Å²) in [6.45, 7) is 0.332. The highest BCUT2D eigenvalue weighted by atomic mass is 127. The maximum absolute atomic E-state index is 12.6. The molecule has 6 heteroatoms. The molecule has 0 heterocycles. The van der Waals surface area contributed by atoms with Gasteiger partial charge in [0.15, 0.2) is 11.5 Å². The molecule has 0 saturated carbocycles. The fourth-order valence-corrected chi connectivity index (χ4v) is 3.09. The third-order valence-electron chi connectivity index (χ3n) is 4.22. The molecule has 3 aromatic rings. The zero-order chi connectivity index (χ0) is 21.3. The van der Waals surface area contributed by atoms with E-state index in [1.807, 2.05) is 48.5 Å². The lowest BCUT2D eigenvalue weighted by molar-refractivity contribution is -0.112. The van der Waals surface area contributed by atoms with Gasteiger partial charge in [0.25, 0.3) is 5.91 Å². The van der Waals surface area contributed by atoms with Crippen molar-refractivity contribution in [1.82, 2.24) is 0 Å². The van der Waals surface area contributed by atoms with Crippen LogP contribution in [0, 0.1) is 14.9 Å². The fraction of sp³-hybridized carbons (Fsp3) is 0.0833. The van der Waals surface area contributed by atoms with Gasteiger partial charge in [0, 0.05) is 14.8 Å². The number of halogens is 1. The van der Waals surface area contributed by atoms with Gasteiger partial charge in [0.1, 0.15) is 18.2 Å². The van der Waals surface area contributed by atoms with Crippen molar-refractivity contribution in [2.75, 3.05) is 12.4 Å². The summed E-state index contributed by atoms with van der Waals surface area (Å²) in [4.78, 5) is 12.6. The first-order chi connectivity index (χ1) is 14.6. The molecule has 0 aliphatic carbocycles. The Labute approximate surface area is 189 Å². The molecule has 0 atom stereocenters. The summed E-state index contributed by atoms with van der Waals surface area (Å²) in [7, 11) is 1.55. The van der Waals surface area contributed by atoms with Gasteiger partial charge < -0.3 is 14.8 Å². The van der Waals surface area contributed by atoms with Crippen molar-refractivity contribution in [3.8, 4) is 17.6 Å². The highest BCUT2D eigenvalue weighted by Crippen LogP contribution is 2.33. The fourth-order valence-electron chi connectivity index (χ4n) is 2.73. The van der Waals surface area contributed by atoms with Crippen LogP contribution in [-0.4, -0.2) is 13.0 Å². The normalized spacial score (nSPS) is 10.8. The monoisotopic (exact) mass is 510 g/mol. The third kappa shape index (κ3) is 5.61. The Bertz CT molecular complexity index is 1090. The van der Waals surface area contributed by atoms with Gasteiger partial charge in [-0.05, 0) is 64.6 Å². The van der Waals surface area contributed by atoms with Gasteiger partial charge in [-0.25, -0.2) is 0 Å². The molecular formula is C24H19IN2O3. The van der Waals surface area contributed by atoms with Crippen LogP contribution in [0.5, 0.6) is 11.5 Å². The number of carbonyl (C=O) groups excluding carboxylic acids is 1. The van der Waals surface area contributed by atoms with Crippen molar-refractivity contribution in [2.24, 2.45) is 0 Å². The standard InChI is InChI=1S/C24H19IN2O3/c1-29-22-9-5-8-18(23(22)30-16-17-6-3-2-4-7-17)14-19(15-26)24(28)27-21-12-10-20(25)11-13-21/h2-14H,16H2,1H3,(H,27,28)/b19-14+. The second-order valence-electron chi connectivity index (χ2n) is 6.28. The SMILES string of the molecule is COc1cccc(/C=C(\C#N)C(=O)Nc2ccc(I)cc2)c1OCc1ccccc1. The summed E-state index contributed by atoms with van der Waals surface area (Å²) < 4.78 is 12.5. The minimum atomic E-state index is -0.490. The van der Waals surface area contributed by atoms with Crippen molar-refractivity contribution in [3.05, 3.63) is 93.1 Å². The van der Waals surface area contributed by atoms with E-state index in [4.69, 9.17) is 9.47 Å². The van der Waals surface area contributed by atoms with Crippen molar-refractivity contribution in [3.63, 3.8) is 0 Å². The maximum Gasteiger partial charge on any atom is 0.266 e. The van der Waals surface area contributed by atoms with Gasteiger partial charge in [-0.1, -0.05) is 42.5 Å². The molecule has 30 heavy (non-hydrogen) atoms. The summed E-state index contributed by atoms with van der Waals surface area (Å²) in [6.07, 6.45) is 1.50. The van der Waals surface area contributed by atoms with Crippen LogP contribution in [0.25, 0.3) is 6.08 Å². The van der Waals surface area contributed by atoms with Crippen LogP contribution >= 0.6 is 22.6 Å². The van der Waals surface area contributed by atoms with Crippen LogP contribution in [0.2, 0.25) is 0 Å². The summed E-state index contributed by atoms with van der Waals surface area (Å²) >= 11 is 2.19. The van der Waals surface area contributed by atoms with Gasteiger partial charge in [-0.2, -0.15) is 5.26 Å². The third-order valence-corrected chi connectivity index (χ3v) is 4.94. The number of carbonyl (C=O) groups is 1. The van der Waals surface area contributed by atoms with E-state index in [-0.39, 0.29) is 5.57 Å². The first-order valence-corrected chi connectivity index (χ1v) is 10.2. The number of nitrogens with zero attached hydrogens (tertiary/aromatic N) is 1. The van der Waals surface area contributed by atoms with Crippen molar-refractivity contribution in [1.29, 1.82) is 5.26 Å². The lowest BCUT2D eigenvalue weighted by Gasteiger charge is -2.14. The van der Waals surface area contributed by atoms with E-state index in [9.17, 15) is 10.1 Å². The molecule has 0 spiro atoms. The Kier molecular flexibility index (Phi) is 7.46. The molecule has 150 valence electrons. The molecular weight excluding hydrogens is 491 g/mol. The zero-order valence-corrected chi connectivity index (χ0v) is 18.4. The van der Waals surface area contributed by atoms with Crippen LogP contribution in [0.15, 0.2) is 78.4 Å². The first-order valence-electron chi connectivity index (χ1n) is 9.13. The molecule has 1 amide bonds. The number of nitriles is 1. The van der Waals surface area contributed by atoms with E-state index < -0.39 is 5.91 Å². The van der Waals surface area contributed by atoms with E-state index >= 15 is 0 Å². The quantitative estimate of drug-likeness (QED) is 0.262. The largest absolute Gasteiger partial charge is 0.493 e. The Hall–Kier alpha value is -3.31. The second kappa shape index (κ2) is 10.5. The molecule has 0 fully saturated rings. The van der Waals surface area contributed by atoms with Crippen LogP contribution in [-0.2, 0) is 11.4 Å². The summed E-state index contributed by atoms with van der Waals surface area (Å²) in [6, 6.07) is 24.4. The van der Waals surface area contributed by atoms with Gasteiger partial charge in [0.05, 0.1) is 7.11 Å². The van der Waals surface area contributed by atoms with Gasteiger partial charge in [0.2, 0.25) is 0 Å². The van der Waals surface area contributed by atoms with E-state index in [0.717, 1.165) is 9.13 Å². The average molecular weight is 510 g/mol. The molecule has 0 aliphatic rings. The van der Waals surface area contributed by atoms with Crippen LogP contribution in [0.3, 0.4) is 0 Å². The number of anilines is 1. The number of methoxy groups -OCH3 is 1. The van der Waals surface area contributed by atoms with Crippen molar-refractivity contribution >= 4 is 40.3 Å². The van der Waals surface area contributed by atoms with Crippen LogP contribution in [0.4, 0.5) is 5.69 Å². The Balaban J connectivity index is 1.86. The molecule has 0 aliphatic heterocycles. The number of ether oxygens (including phenoxy) is 2. The number of nitrogens with one attached hydrogen (secondary N) is 1. The number of hydrogen-bond acceptors (Lipinski definition) is 4. The number of benzene rings is 3. The van der Waals surface area contributed by atoms with Crippen LogP contribution < -0.4 is 14.8 Å². The molecule has 1 N–H and O–H groups in total. The molecule has 0 saturated heterocycles. The van der Waals surface area contributed by atoms with Crippen molar-refractivity contribution < 1.29 is 14.3 Å². The van der Waals surface area contributed by atoms with E-state index in [1.54, 1.807) is 37.4 Å². The smallest absolute Gasteiger partial charge is 0.266 e. The van der Waals surface area contributed by atoms with Crippen LogP contribution in [0.1, 0.15) is 11.1 Å². The summed E-state index contributed by atoms with van der Waals surface area (Å²) in [5.74, 6) is 0.504. The molecule has 5 nitrogen and oxygen atoms in total. The number of amides is 1. The van der Waals surface area contributed by atoms with E-state index in [0.29, 0.717) is 29.4 Å². The Morgan fingerprint density at radius 3 is 2.47 bits per heavy atom. The Morgan fingerprint density at radius 2 is 1.80 bits per heavy atom. The number of hydrogen-bond donors (Lipinski definition) is 1. The molecule has 0 unspecified atom stereocenters. The first kappa shape index (κ1) is 21.4. The maximum atomic E-state index is 12.6. The lowest BCUT2D eigenvalue weighted by Crippen LogP contribution is -2.13. The van der Waals surface area contributed by atoms with Gasteiger partial charge in [-0.15, -0.1) is 0 Å². The molecule has 0 radical (unpaired) electrons. The zero-order valence-electron chi connectivity index (χ0n) is 16.3. The highest BCUT2D eigenvalue weighted by molar-refractivity contribution is 14.1. The van der Waals surface area contributed by atoms with E-state index in [2.05, 4.69) is 27.9 Å². The molecule has 3 aromatic carbocycles. The van der Waals surface area contributed by atoms with Gasteiger partial charge in [-0.3, -0.25) is 4.79 Å². The second-order valence-corrected chi connectivity index (χ2v) is 7.53. The predicted octanol–water partition coefficient (Wildman–Crippen LogP) is 5.42. The predicted molar refractivity (Wildman–Crippen MR) is 125 cm³/mol. The highest BCUT2D eigenvalue weighted by Gasteiger charge is 2.14. The average Bonchev–Trinajstić information content (AvgIpc) is 2.78. The molecule has 0 bridgehead atoms. The molecule has 0 aromatic heterocycles. The van der Waals surface area contributed by atoms with Crippen molar-refractivity contribution in [2.45, 2.75) is 6.61 Å². The van der Waals surface area contributed by atoms with Gasteiger partial charge >= 0.3 is 0 Å². The Morgan fingerprint density at radius 1 is 1.07 bits per heavy atom. The topological polar surface area (TPSA) is 71.3 Å². The lowest BCUT2D eigenvalue weighted by atomic mass is 10.1.